The van der Waals surface area contributed by atoms with Gasteiger partial charge in [0.05, 0.1) is 19.2 Å². The number of thiazole rings is 1. The summed E-state index contributed by atoms with van der Waals surface area (Å²) in [6.45, 7) is 0.585. The van der Waals surface area contributed by atoms with Crippen molar-refractivity contribution in [3.05, 3.63) is 35.3 Å². The molecule has 0 bridgehead atoms. The van der Waals surface area contributed by atoms with Gasteiger partial charge in [-0.3, -0.25) is 9.59 Å². The van der Waals surface area contributed by atoms with Crippen LogP contribution in [0.5, 0.6) is 5.75 Å². The second-order valence-electron chi connectivity index (χ2n) is 5.70. The van der Waals surface area contributed by atoms with Gasteiger partial charge < -0.3 is 15.4 Å². The van der Waals surface area contributed by atoms with Crippen LogP contribution in [-0.2, 0) is 16.0 Å². The smallest absolute Gasteiger partial charge is 0.240 e. The summed E-state index contributed by atoms with van der Waals surface area (Å²) < 4.78 is 5.14. The lowest BCUT2D eigenvalue weighted by atomic mass is 10.2. The lowest BCUT2D eigenvalue weighted by Crippen LogP contribution is -2.44. The second kappa shape index (κ2) is 7.00. The van der Waals surface area contributed by atoms with Gasteiger partial charge in [0.1, 0.15) is 16.8 Å². The molecule has 126 valence electrons. The predicted octanol–water partition coefficient (Wildman–Crippen LogP) is 1.84. The standard InChI is InChI=1S/C17H19N3O3S/c1-23-13-6-4-11(5-7-13)17-19-12(10-24-17)9-15(21)20-8-2-3-14(20)16(18)22/h4-7,10,14H,2-3,8-9H2,1H3,(H2,18,22)/t14-/m1/s1. The molecule has 1 fully saturated rings. The van der Waals surface area contributed by atoms with Crippen LogP contribution < -0.4 is 10.5 Å². The molecule has 7 heteroatoms. The van der Waals surface area contributed by atoms with Gasteiger partial charge in [0.15, 0.2) is 0 Å². The molecule has 2 N–H and O–H groups in total. The van der Waals surface area contributed by atoms with Gasteiger partial charge in [-0.15, -0.1) is 11.3 Å². The Morgan fingerprint density at radius 1 is 1.38 bits per heavy atom. The number of amides is 2. The molecule has 1 aromatic heterocycles. The van der Waals surface area contributed by atoms with E-state index < -0.39 is 11.9 Å². The van der Waals surface area contributed by atoms with E-state index in [0.717, 1.165) is 22.7 Å². The van der Waals surface area contributed by atoms with Crippen molar-refractivity contribution in [2.45, 2.75) is 25.3 Å². The number of carbonyl (C=O) groups excluding carboxylic acids is 2. The fourth-order valence-corrected chi connectivity index (χ4v) is 3.70. The molecule has 0 spiro atoms. The normalized spacial score (nSPS) is 17.0. The largest absolute Gasteiger partial charge is 0.497 e. The molecule has 2 amide bonds. The van der Waals surface area contributed by atoms with E-state index in [-0.39, 0.29) is 12.3 Å². The molecule has 0 saturated carbocycles. The molecule has 1 aliphatic heterocycles. The number of benzene rings is 1. The maximum absolute atomic E-state index is 12.4. The van der Waals surface area contributed by atoms with Crippen molar-refractivity contribution in [2.24, 2.45) is 5.73 Å². The van der Waals surface area contributed by atoms with Crippen LogP contribution in [0.25, 0.3) is 10.6 Å². The number of carbonyl (C=O) groups is 2. The Balaban J connectivity index is 1.69. The third kappa shape index (κ3) is 3.41. The lowest BCUT2D eigenvalue weighted by molar-refractivity contribution is -0.136. The van der Waals surface area contributed by atoms with Gasteiger partial charge in [0.2, 0.25) is 11.8 Å². The first-order valence-electron chi connectivity index (χ1n) is 7.76. The van der Waals surface area contributed by atoms with Crippen molar-refractivity contribution in [1.82, 2.24) is 9.88 Å². The Morgan fingerprint density at radius 2 is 2.12 bits per heavy atom. The zero-order valence-corrected chi connectivity index (χ0v) is 14.2. The first-order valence-corrected chi connectivity index (χ1v) is 8.64. The Hall–Kier alpha value is -2.41. The van der Waals surface area contributed by atoms with Crippen molar-refractivity contribution in [1.29, 1.82) is 0 Å². The Morgan fingerprint density at radius 3 is 2.79 bits per heavy atom. The predicted molar refractivity (Wildman–Crippen MR) is 91.7 cm³/mol. The van der Waals surface area contributed by atoms with Crippen molar-refractivity contribution >= 4 is 23.2 Å². The van der Waals surface area contributed by atoms with E-state index in [4.69, 9.17) is 10.5 Å². The van der Waals surface area contributed by atoms with E-state index in [2.05, 4.69) is 4.98 Å². The number of primary amides is 1. The molecule has 6 nitrogen and oxygen atoms in total. The molecule has 1 aromatic carbocycles. The number of hydrogen-bond acceptors (Lipinski definition) is 5. The maximum atomic E-state index is 12.4. The molecule has 0 aliphatic carbocycles. The second-order valence-corrected chi connectivity index (χ2v) is 6.55. The number of ether oxygens (including phenoxy) is 1. The first kappa shape index (κ1) is 16.4. The molecular formula is C17H19N3O3S. The van der Waals surface area contributed by atoms with Crippen molar-refractivity contribution in [3.63, 3.8) is 0 Å². The van der Waals surface area contributed by atoms with Crippen LogP contribution in [0.15, 0.2) is 29.6 Å². The van der Waals surface area contributed by atoms with Gasteiger partial charge in [0.25, 0.3) is 0 Å². The van der Waals surface area contributed by atoms with E-state index in [1.54, 1.807) is 12.0 Å². The minimum absolute atomic E-state index is 0.0946. The number of hydrogen-bond donors (Lipinski definition) is 1. The summed E-state index contributed by atoms with van der Waals surface area (Å²) in [7, 11) is 1.62. The van der Waals surface area contributed by atoms with E-state index in [1.165, 1.54) is 11.3 Å². The summed E-state index contributed by atoms with van der Waals surface area (Å²) in [5.74, 6) is 0.262. The SMILES string of the molecule is COc1ccc(-c2nc(CC(=O)N3CCC[C@@H]3C(N)=O)cs2)cc1. The summed E-state index contributed by atoms with van der Waals surface area (Å²) in [5, 5.41) is 2.74. The average molecular weight is 345 g/mol. The van der Waals surface area contributed by atoms with E-state index >= 15 is 0 Å². The highest BCUT2D eigenvalue weighted by Gasteiger charge is 2.32. The third-order valence-electron chi connectivity index (χ3n) is 4.12. The van der Waals surface area contributed by atoms with Gasteiger partial charge in [-0.25, -0.2) is 4.98 Å². The van der Waals surface area contributed by atoms with E-state index in [0.29, 0.717) is 18.7 Å². The molecule has 0 radical (unpaired) electrons. The number of aromatic nitrogens is 1. The Labute approximate surface area is 144 Å². The lowest BCUT2D eigenvalue weighted by Gasteiger charge is -2.21. The van der Waals surface area contributed by atoms with Gasteiger partial charge in [-0.2, -0.15) is 0 Å². The van der Waals surface area contributed by atoms with Crippen molar-refractivity contribution < 1.29 is 14.3 Å². The Kier molecular flexibility index (Phi) is 4.80. The van der Waals surface area contributed by atoms with Crippen LogP contribution in [0.1, 0.15) is 18.5 Å². The average Bonchev–Trinajstić information content (AvgIpc) is 3.24. The third-order valence-corrected chi connectivity index (χ3v) is 5.06. The monoisotopic (exact) mass is 345 g/mol. The van der Waals surface area contributed by atoms with Gasteiger partial charge >= 0.3 is 0 Å². The Bertz CT molecular complexity index is 742. The van der Waals surface area contributed by atoms with Crippen LogP contribution in [0, 0.1) is 0 Å². The first-order chi connectivity index (χ1) is 11.6. The zero-order chi connectivity index (χ0) is 17.1. The highest BCUT2D eigenvalue weighted by atomic mass is 32.1. The quantitative estimate of drug-likeness (QED) is 0.896. The summed E-state index contributed by atoms with van der Waals surface area (Å²) in [6, 6.07) is 7.16. The number of nitrogens with zero attached hydrogens (tertiary/aromatic N) is 2. The molecular weight excluding hydrogens is 326 g/mol. The highest BCUT2D eigenvalue weighted by molar-refractivity contribution is 7.13. The van der Waals surface area contributed by atoms with E-state index in [1.807, 2.05) is 29.6 Å². The molecule has 0 unspecified atom stereocenters. The van der Waals surface area contributed by atoms with Crippen LogP contribution >= 0.6 is 11.3 Å². The topological polar surface area (TPSA) is 85.5 Å². The minimum atomic E-state index is -0.475. The van der Waals surface area contributed by atoms with Crippen LogP contribution in [0.4, 0.5) is 0 Å². The van der Waals surface area contributed by atoms with Gasteiger partial charge in [-0.05, 0) is 37.1 Å². The van der Waals surface area contributed by atoms with Gasteiger partial charge in [-0.1, -0.05) is 0 Å². The molecule has 2 heterocycles. The number of nitrogens with two attached hydrogens (primary N) is 1. The zero-order valence-electron chi connectivity index (χ0n) is 13.4. The van der Waals surface area contributed by atoms with Crippen LogP contribution in [0.3, 0.4) is 0 Å². The summed E-state index contributed by atoms with van der Waals surface area (Å²) in [6.07, 6.45) is 1.65. The molecule has 1 aliphatic rings. The summed E-state index contributed by atoms with van der Waals surface area (Å²) in [5.41, 5.74) is 7.06. The molecule has 24 heavy (non-hydrogen) atoms. The molecule has 3 rings (SSSR count). The fraction of sp³-hybridized carbons (Fsp3) is 0.353. The summed E-state index contributed by atoms with van der Waals surface area (Å²) >= 11 is 1.49. The van der Waals surface area contributed by atoms with Crippen LogP contribution in [-0.4, -0.2) is 41.4 Å². The van der Waals surface area contributed by atoms with Crippen LogP contribution in [0.2, 0.25) is 0 Å². The maximum Gasteiger partial charge on any atom is 0.240 e. The van der Waals surface area contributed by atoms with Crippen molar-refractivity contribution in [3.8, 4) is 16.3 Å². The van der Waals surface area contributed by atoms with Crippen molar-refractivity contribution in [2.75, 3.05) is 13.7 Å². The van der Waals surface area contributed by atoms with Gasteiger partial charge in [0, 0.05) is 17.5 Å². The molecule has 1 saturated heterocycles. The number of rotatable bonds is 5. The molecule has 2 aromatic rings. The summed E-state index contributed by atoms with van der Waals surface area (Å²) in [4.78, 5) is 29.9. The number of likely N-dealkylation sites (tertiary alicyclic amines) is 1. The minimum Gasteiger partial charge on any atom is -0.497 e. The molecule has 1 atom stereocenters. The fourth-order valence-electron chi connectivity index (χ4n) is 2.87. The highest BCUT2D eigenvalue weighted by Crippen LogP contribution is 2.26. The van der Waals surface area contributed by atoms with E-state index in [9.17, 15) is 9.59 Å². The number of methoxy groups -OCH3 is 1.